The normalized spacial score (nSPS) is 17.4. The van der Waals surface area contributed by atoms with Crippen LogP contribution in [0.3, 0.4) is 0 Å². The summed E-state index contributed by atoms with van der Waals surface area (Å²) < 4.78 is 0. The lowest BCUT2D eigenvalue weighted by Crippen LogP contribution is -2.43. The van der Waals surface area contributed by atoms with Gasteiger partial charge in [-0.15, -0.1) is 0 Å². The molecule has 0 aromatic carbocycles. The minimum atomic E-state index is 0.118. The Hall–Kier alpha value is -1.49. The zero-order chi connectivity index (χ0) is 11.4. The molecule has 1 aliphatic heterocycles. The van der Waals surface area contributed by atoms with Gasteiger partial charge < -0.3 is 10.6 Å². The molecule has 1 fully saturated rings. The van der Waals surface area contributed by atoms with Gasteiger partial charge in [-0.1, -0.05) is 0 Å². The van der Waals surface area contributed by atoms with Crippen LogP contribution in [0.4, 0.5) is 0 Å². The summed E-state index contributed by atoms with van der Waals surface area (Å²) in [5.74, 6) is 0.118. The van der Waals surface area contributed by atoms with E-state index in [2.05, 4.69) is 9.97 Å². The van der Waals surface area contributed by atoms with Gasteiger partial charge >= 0.3 is 0 Å². The van der Waals surface area contributed by atoms with Crippen LogP contribution < -0.4 is 5.73 Å². The van der Waals surface area contributed by atoms with Crippen LogP contribution in [0.15, 0.2) is 18.6 Å². The van der Waals surface area contributed by atoms with Gasteiger partial charge in [0.25, 0.3) is 0 Å². The summed E-state index contributed by atoms with van der Waals surface area (Å²) in [6.07, 6.45) is 6.97. The van der Waals surface area contributed by atoms with Gasteiger partial charge in [0.05, 0.1) is 12.1 Å². The van der Waals surface area contributed by atoms with E-state index >= 15 is 0 Å². The highest BCUT2D eigenvalue weighted by molar-refractivity contribution is 5.78. The highest BCUT2D eigenvalue weighted by Crippen LogP contribution is 2.09. The SMILES string of the molecule is NC1CCN(C(=O)Cc2cnccn2)CC1. The van der Waals surface area contributed by atoms with E-state index in [0.717, 1.165) is 31.6 Å². The summed E-state index contributed by atoms with van der Waals surface area (Å²) in [6, 6.07) is 0.251. The second kappa shape index (κ2) is 5.03. The molecular formula is C11H16N4O. The molecular weight excluding hydrogens is 204 g/mol. The minimum absolute atomic E-state index is 0.118. The van der Waals surface area contributed by atoms with Crippen LogP contribution in [0.2, 0.25) is 0 Å². The third-order valence-corrected chi connectivity index (χ3v) is 2.84. The van der Waals surface area contributed by atoms with Crippen molar-refractivity contribution in [1.82, 2.24) is 14.9 Å². The monoisotopic (exact) mass is 220 g/mol. The Morgan fingerprint density at radius 3 is 2.81 bits per heavy atom. The molecule has 0 bridgehead atoms. The van der Waals surface area contributed by atoms with Crippen molar-refractivity contribution < 1.29 is 4.79 Å². The van der Waals surface area contributed by atoms with Crippen molar-refractivity contribution in [1.29, 1.82) is 0 Å². The molecule has 1 aromatic rings. The van der Waals surface area contributed by atoms with Gasteiger partial charge in [-0.05, 0) is 12.8 Å². The van der Waals surface area contributed by atoms with Crippen LogP contribution in [-0.2, 0) is 11.2 Å². The Morgan fingerprint density at radius 1 is 1.44 bits per heavy atom. The van der Waals surface area contributed by atoms with Gasteiger partial charge in [0.1, 0.15) is 0 Å². The predicted molar refractivity (Wildman–Crippen MR) is 59.5 cm³/mol. The van der Waals surface area contributed by atoms with Gasteiger partial charge in [-0.25, -0.2) is 0 Å². The van der Waals surface area contributed by atoms with Crippen LogP contribution in [-0.4, -0.2) is 39.9 Å². The fourth-order valence-electron chi connectivity index (χ4n) is 1.84. The molecule has 86 valence electrons. The van der Waals surface area contributed by atoms with E-state index in [1.54, 1.807) is 18.6 Å². The lowest BCUT2D eigenvalue weighted by atomic mass is 10.1. The van der Waals surface area contributed by atoms with Crippen LogP contribution >= 0.6 is 0 Å². The number of carbonyl (C=O) groups excluding carboxylic acids is 1. The van der Waals surface area contributed by atoms with E-state index in [1.807, 2.05) is 4.90 Å². The molecule has 1 aliphatic rings. The molecule has 0 atom stereocenters. The number of amides is 1. The standard InChI is InChI=1S/C11H16N4O/c12-9-1-5-15(6-2-9)11(16)7-10-8-13-3-4-14-10/h3-4,8-9H,1-2,5-7,12H2. The molecule has 0 aliphatic carbocycles. The zero-order valence-corrected chi connectivity index (χ0v) is 9.17. The van der Waals surface area contributed by atoms with Crippen molar-refractivity contribution >= 4 is 5.91 Å². The van der Waals surface area contributed by atoms with Crippen LogP contribution in [0, 0.1) is 0 Å². The molecule has 1 aromatic heterocycles. The first kappa shape index (κ1) is 11.0. The highest BCUT2D eigenvalue weighted by atomic mass is 16.2. The van der Waals surface area contributed by atoms with Crippen molar-refractivity contribution in [3.8, 4) is 0 Å². The average Bonchev–Trinajstić information content (AvgIpc) is 2.31. The summed E-state index contributed by atoms with van der Waals surface area (Å²) in [6.45, 7) is 1.53. The van der Waals surface area contributed by atoms with Gasteiger partial charge in [-0.3, -0.25) is 14.8 Å². The smallest absolute Gasteiger partial charge is 0.228 e. The number of hydrogen-bond acceptors (Lipinski definition) is 4. The summed E-state index contributed by atoms with van der Waals surface area (Å²) in [5.41, 5.74) is 6.51. The number of piperidine rings is 1. The Labute approximate surface area is 94.7 Å². The van der Waals surface area contributed by atoms with E-state index < -0.39 is 0 Å². The number of aromatic nitrogens is 2. The minimum Gasteiger partial charge on any atom is -0.342 e. The first-order chi connectivity index (χ1) is 7.75. The summed E-state index contributed by atoms with van der Waals surface area (Å²) in [4.78, 5) is 21.8. The summed E-state index contributed by atoms with van der Waals surface area (Å²) in [5, 5.41) is 0. The molecule has 1 saturated heterocycles. The Balaban J connectivity index is 1.89. The van der Waals surface area contributed by atoms with Gasteiger partial charge in [0, 0.05) is 37.7 Å². The van der Waals surface area contributed by atoms with Crippen molar-refractivity contribution in [2.75, 3.05) is 13.1 Å². The molecule has 0 unspecified atom stereocenters. The molecule has 5 heteroatoms. The Morgan fingerprint density at radius 2 is 2.19 bits per heavy atom. The topological polar surface area (TPSA) is 72.1 Å². The first-order valence-corrected chi connectivity index (χ1v) is 5.54. The quantitative estimate of drug-likeness (QED) is 0.759. The maximum Gasteiger partial charge on any atom is 0.228 e. The van der Waals surface area contributed by atoms with Crippen molar-refractivity contribution in [2.45, 2.75) is 25.3 Å². The molecule has 1 amide bonds. The lowest BCUT2D eigenvalue weighted by molar-refractivity contribution is -0.131. The summed E-state index contributed by atoms with van der Waals surface area (Å²) >= 11 is 0. The second-order valence-electron chi connectivity index (χ2n) is 4.09. The van der Waals surface area contributed by atoms with Crippen molar-refractivity contribution in [3.63, 3.8) is 0 Å². The van der Waals surface area contributed by atoms with Gasteiger partial charge in [0.15, 0.2) is 0 Å². The molecule has 0 radical (unpaired) electrons. The van der Waals surface area contributed by atoms with Gasteiger partial charge in [-0.2, -0.15) is 0 Å². The number of carbonyl (C=O) groups is 1. The molecule has 2 rings (SSSR count). The highest BCUT2D eigenvalue weighted by Gasteiger charge is 2.20. The van der Waals surface area contributed by atoms with E-state index in [9.17, 15) is 4.79 Å². The first-order valence-electron chi connectivity index (χ1n) is 5.54. The van der Waals surface area contributed by atoms with Gasteiger partial charge in [0.2, 0.25) is 5.91 Å². The molecule has 2 heterocycles. The fraction of sp³-hybridized carbons (Fsp3) is 0.545. The van der Waals surface area contributed by atoms with E-state index in [4.69, 9.17) is 5.73 Å². The van der Waals surface area contributed by atoms with Crippen LogP contribution in [0.25, 0.3) is 0 Å². The fourth-order valence-corrected chi connectivity index (χ4v) is 1.84. The Bertz CT molecular complexity index is 346. The van der Waals surface area contributed by atoms with Crippen molar-refractivity contribution in [2.24, 2.45) is 5.73 Å². The van der Waals surface area contributed by atoms with E-state index in [-0.39, 0.29) is 11.9 Å². The van der Waals surface area contributed by atoms with Crippen LogP contribution in [0.1, 0.15) is 18.5 Å². The largest absolute Gasteiger partial charge is 0.342 e. The number of nitrogens with zero attached hydrogens (tertiary/aromatic N) is 3. The van der Waals surface area contributed by atoms with Crippen molar-refractivity contribution in [3.05, 3.63) is 24.3 Å². The number of rotatable bonds is 2. The number of hydrogen-bond donors (Lipinski definition) is 1. The maximum absolute atomic E-state index is 11.9. The molecule has 16 heavy (non-hydrogen) atoms. The summed E-state index contributed by atoms with van der Waals surface area (Å²) in [7, 11) is 0. The number of likely N-dealkylation sites (tertiary alicyclic amines) is 1. The Kier molecular flexibility index (Phi) is 3.46. The van der Waals surface area contributed by atoms with Crippen LogP contribution in [0.5, 0.6) is 0 Å². The zero-order valence-electron chi connectivity index (χ0n) is 9.17. The average molecular weight is 220 g/mol. The third-order valence-electron chi connectivity index (χ3n) is 2.84. The third kappa shape index (κ3) is 2.76. The molecule has 5 nitrogen and oxygen atoms in total. The predicted octanol–water partition coefficient (Wildman–Crippen LogP) is -0.0312. The van der Waals surface area contributed by atoms with E-state index in [0.29, 0.717) is 6.42 Å². The number of nitrogens with two attached hydrogens (primary N) is 1. The maximum atomic E-state index is 11.9. The second-order valence-corrected chi connectivity index (χ2v) is 4.09. The molecule has 2 N–H and O–H groups in total. The molecule has 0 spiro atoms. The molecule has 0 saturated carbocycles. The lowest BCUT2D eigenvalue weighted by Gasteiger charge is -2.30. The van der Waals surface area contributed by atoms with E-state index in [1.165, 1.54) is 0 Å².